The van der Waals surface area contributed by atoms with Gasteiger partial charge in [0, 0.05) is 13.1 Å². The number of ether oxygens (including phenoxy) is 2. The van der Waals surface area contributed by atoms with E-state index < -0.39 is 10.0 Å². The van der Waals surface area contributed by atoms with E-state index in [1.54, 1.807) is 0 Å². The molecule has 6 nitrogen and oxygen atoms in total. The molecule has 21 heavy (non-hydrogen) atoms. The fraction of sp³-hybridized carbons (Fsp3) is 0.571. The molecule has 0 aromatic heterocycles. The van der Waals surface area contributed by atoms with E-state index in [1.165, 1.54) is 0 Å². The Hall–Kier alpha value is -0.990. The van der Waals surface area contributed by atoms with E-state index in [4.69, 9.17) is 9.47 Å². The molecule has 0 saturated carbocycles. The molecule has 7 heteroatoms. The zero-order valence-electron chi connectivity index (χ0n) is 12.2. The van der Waals surface area contributed by atoms with Gasteiger partial charge in [0.1, 0.15) is 0 Å². The highest BCUT2D eigenvalue weighted by atomic mass is 32.2. The van der Waals surface area contributed by atoms with Gasteiger partial charge in [-0.15, -0.1) is 0 Å². The third kappa shape index (κ3) is 5.72. The van der Waals surface area contributed by atoms with Crippen LogP contribution in [0.1, 0.15) is 11.1 Å². The number of sulfonamides is 1. The van der Waals surface area contributed by atoms with Crippen LogP contribution in [0.4, 0.5) is 0 Å². The van der Waals surface area contributed by atoms with Crippen molar-refractivity contribution < 1.29 is 17.9 Å². The third-order valence-corrected chi connectivity index (χ3v) is 4.50. The first-order chi connectivity index (χ1) is 10.1. The van der Waals surface area contributed by atoms with Crippen molar-refractivity contribution in [1.29, 1.82) is 0 Å². The molecular formula is C14H22N2O4S. The smallest absolute Gasteiger partial charge is 0.215 e. The molecule has 1 aliphatic rings. The minimum Gasteiger partial charge on any atom is -0.376 e. The summed E-state index contributed by atoms with van der Waals surface area (Å²) >= 11 is 0. The van der Waals surface area contributed by atoms with Crippen LogP contribution in [0.2, 0.25) is 0 Å². The Balaban J connectivity index is 1.84. The molecule has 1 fully saturated rings. The van der Waals surface area contributed by atoms with Gasteiger partial charge in [-0.1, -0.05) is 24.3 Å². The lowest BCUT2D eigenvalue weighted by Crippen LogP contribution is -2.40. The summed E-state index contributed by atoms with van der Waals surface area (Å²) in [6.07, 6.45) is -0.202. The lowest BCUT2D eigenvalue weighted by Gasteiger charge is -2.23. The van der Waals surface area contributed by atoms with E-state index in [0.717, 1.165) is 17.7 Å². The van der Waals surface area contributed by atoms with Crippen molar-refractivity contribution in [2.24, 2.45) is 0 Å². The molecule has 0 aliphatic carbocycles. The third-order valence-electron chi connectivity index (χ3n) is 3.18. The monoisotopic (exact) mass is 314 g/mol. The van der Waals surface area contributed by atoms with E-state index in [0.29, 0.717) is 19.8 Å². The van der Waals surface area contributed by atoms with Crippen LogP contribution in [0.3, 0.4) is 0 Å². The average Bonchev–Trinajstić information content (AvgIpc) is 2.48. The maximum Gasteiger partial charge on any atom is 0.215 e. The quantitative estimate of drug-likeness (QED) is 0.754. The van der Waals surface area contributed by atoms with Gasteiger partial charge in [-0.25, -0.2) is 13.1 Å². The largest absolute Gasteiger partial charge is 0.376 e. The fourth-order valence-corrected chi connectivity index (χ4v) is 3.28. The van der Waals surface area contributed by atoms with Gasteiger partial charge in [-0.05, 0) is 18.2 Å². The highest BCUT2D eigenvalue weighted by molar-refractivity contribution is 7.88. The number of rotatable bonds is 7. The zero-order valence-corrected chi connectivity index (χ0v) is 13.0. The maximum atomic E-state index is 12.0. The predicted octanol–water partition coefficient (Wildman–Crippen LogP) is 0.241. The van der Waals surface area contributed by atoms with Crippen LogP contribution in [0.25, 0.3) is 0 Å². The van der Waals surface area contributed by atoms with Gasteiger partial charge < -0.3 is 14.8 Å². The lowest BCUT2D eigenvalue weighted by atomic mass is 10.1. The summed E-state index contributed by atoms with van der Waals surface area (Å²) in [6.45, 7) is 2.53. The molecule has 0 radical (unpaired) electrons. The molecule has 1 saturated heterocycles. The van der Waals surface area contributed by atoms with Crippen LogP contribution >= 0.6 is 0 Å². The highest BCUT2D eigenvalue weighted by Crippen LogP contribution is 2.08. The summed E-state index contributed by atoms with van der Waals surface area (Å²) in [5.74, 6) is -0.0274. The molecule has 1 aliphatic heterocycles. The molecule has 1 aromatic carbocycles. The van der Waals surface area contributed by atoms with Crippen molar-refractivity contribution in [3.8, 4) is 0 Å². The van der Waals surface area contributed by atoms with Gasteiger partial charge in [0.15, 0.2) is 0 Å². The Morgan fingerprint density at radius 3 is 2.52 bits per heavy atom. The van der Waals surface area contributed by atoms with E-state index in [1.807, 2.05) is 31.3 Å². The summed E-state index contributed by atoms with van der Waals surface area (Å²) in [5, 5.41) is 3.05. The van der Waals surface area contributed by atoms with Crippen LogP contribution in [0.5, 0.6) is 0 Å². The molecule has 2 rings (SSSR count). The maximum absolute atomic E-state index is 12.0. The summed E-state index contributed by atoms with van der Waals surface area (Å²) in [6, 6.07) is 7.54. The molecule has 2 N–H and O–H groups in total. The first-order valence-corrected chi connectivity index (χ1v) is 8.63. The average molecular weight is 314 g/mol. The van der Waals surface area contributed by atoms with Gasteiger partial charge in [0.2, 0.25) is 10.0 Å². The topological polar surface area (TPSA) is 76.7 Å². The molecule has 118 valence electrons. The second-order valence-electron chi connectivity index (χ2n) is 5.02. The molecule has 0 bridgehead atoms. The Bertz CT molecular complexity index is 524. The van der Waals surface area contributed by atoms with E-state index in [-0.39, 0.29) is 18.4 Å². The molecule has 1 atom stereocenters. The number of hydrogen-bond acceptors (Lipinski definition) is 5. The van der Waals surface area contributed by atoms with Gasteiger partial charge >= 0.3 is 0 Å². The Kier molecular flexibility index (Phi) is 6.13. The summed E-state index contributed by atoms with van der Waals surface area (Å²) < 4.78 is 37.3. The summed E-state index contributed by atoms with van der Waals surface area (Å²) in [4.78, 5) is 0. The normalized spacial score (nSPS) is 19.6. The first kappa shape index (κ1) is 16.4. The first-order valence-electron chi connectivity index (χ1n) is 6.98. The molecule has 1 unspecified atom stereocenters. The van der Waals surface area contributed by atoms with Gasteiger partial charge in [-0.2, -0.15) is 0 Å². The second kappa shape index (κ2) is 7.86. The second-order valence-corrected chi connectivity index (χ2v) is 6.83. The van der Waals surface area contributed by atoms with Crippen molar-refractivity contribution in [2.45, 2.75) is 18.4 Å². The zero-order chi connectivity index (χ0) is 15.1. The number of benzene rings is 1. The summed E-state index contributed by atoms with van der Waals surface area (Å²) in [7, 11) is -1.49. The highest BCUT2D eigenvalue weighted by Gasteiger charge is 2.18. The van der Waals surface area contributed by atoms with Crippen molar-refractivity contribution in [2.75, 3.05) is 33.4 Å². The van der Waals surface area contributed by atoms with Crippen LogP contribution in [-0.4, -0.2) is 47.9 Å². The Morgan fingerprint density at radius 1 is 1.19 bits per heavy atom. The van der Waals surface area contributed by atoms with Crippen molar-refractivity contribution in [1.82, 2.24) is 10.0 Å². The van der Waals surface area contributed by atoms with Crippen molar-refractivity contribution in [3.63, 3.8) is 0 Å². The van der Waals surface area contributed by atoms with E-state index in [2.05, 4.69) is 10.0 Å². The summed E-state index contributed by atoms with van der Waals surface area (Å²) in [5.41, 5.74) is 1.89. The van der Waals surface area contributed by atoms with Crippen LogP contribution < -0.4 is 10.0 Å². The molecular weight excluding hydrogens is 292 g/mol. The van der Waals surface area contributed by atoms with Gasteiger partial charge in [0.25, 0.3) is 0 Å². The fourth-order valence-electron chi connectivity index (χ4n) is 2.10. The molecule has 1 aromatic rings. The standard InChI is InChI=1S/C14H22N2O4S/c1-15-8-12-2-4-13(5-3-12)11-21(17,18)16-9-14-10-19-6-7-20-14/h2-5,14-16H,6-11H2,1H3. The molecule has 1 heterocycles. The number of hydrogen-bond donors (Lipinski definition) is 2. The van der Waals surface area contributed by atoms with Crippen LogP contribution in [0, 0.1) is 0 Å². The SMILES string of the molecule is CNCc1ccc(CS(=O)(=O)NCC2COCCO2)cc1. The Morgan fingerprint density at radius 2 is 1.90 bits per heavy atom. The lowest BCUT2D eigenvalue weighted by molar-refractivity contribution is -0.0847. The van der Waals surface area contributed by atoms with Crippen molar-refractivity contribution >= 4 is 10.0 Å². The Labute approximate surface area is 125 Å². The predicted molar refractivity (Wildman–Crippen MR) is 80.4 cm³/mol. The van der Waals surface area contributed by atoms with Gasteiger partial charge in [0.05, 0.1) is 31.7 Å². The number of nitrogens with one attached hydrogen (secondary N) is 2. The molecule has 0 spiro atoms. The minimum atomic E-state index is -3.36. The van der Waals surface area contributed by atoms with Crippen LogP contribution in [0.15, 0.2) is 24.3 Å². The van der Waals surface area contributed by atoms with Crippen LogP contribution in [-0.2, 0) is 31.8 Å². The van der Waals surface area contributed by atoms with E-state index in [9.17, 15) is 8.42 Å². The van der Waals surface area contributed by atoms with E-state index >= 15 is 0 Å². The van der Waals surface area contributed by atoms with Crippen molar-refractivity contribution in [3.05, 3.63) is 35.4 Å². The minimum absolute atomic E-state index is 0.0274. The molecule has 0 amide bonds. The van der Waals surface area contributed by atoms with Gasteiger partial charge in [-0.3, -0.25) is 0 Å².